The minimum absolute atomic E-state index is 0.0542. The SMILES string of the molecule is Cc1ncsc1[C@H](Nc1cc(Cl)c2ncc(C#N)c(Nc3ccc(Cl)c(Cl)c3F)c2c1)C1=CNNN1. The van der Waals surface area contributed by atoms with Gasteiger partial charge in [0.15, 0.2) is 5.82 Å². The third-order valence-corrected chi connectivity index (χ3v) is 7.58. The summed E-state index contributed by atoms with van der Waals surface area (Å²) in [5.74, 6) is -0.738. The zero-order valence-electron chi connectivity index (χ0n) is 18.4. The van der Waals surface area contributed by atoms with Gasteiger partial charge in [-0.2, -0.15) is 10.8 Å². The third kappa shape index (κ3) is 4.48. The molecule has 1 aliphatic heterocycles. The van der Waals surface area contributed by atoms with Crippen molar-refractivity contribution in [3.05, 3.63) is 84.9 Å². The molecule has 13 heteroatoms. The lowest BCUT2D eigenvalue weighted by Crippen LogP contribution is -2.33. The molecule has 0 saturated heterocycles. The highest BCUT2D eigenvalue weighted by molar-refractivity contribution is 7.09. The fraction of sp³-hybridized carbons (Fsp3) is 0.0870. The monoisotopic (exact) mass is 560 g/mol. The summed E-state index contributed by atoms with van der Waals surface area (Å²) in [5.41, 5.74) is 14.0. The van der Waals surface area contributed by atoms with Crippen molar-refractivity contribution >= 4 is 74.1 Å². The van der Waals surface area contributed by atoms with Crippen molar-refractivity contribution in [1.29, 1.82) is 5.26 Å². The molecule has 0 aliphatic carbocycles. The van der Waals surface area contributed by atoms with Gasteiger partial charge in [-0.1, -0.05) is 34.8 Å². The molecule has 1 aliphatic rings. The van der Waals surface area contributed by atoms with Crippen LogP contribution in [0, 0.1) is 24.1 Å². The molecular weight excluding hydrogens is 546 g/mol. The van der Waals surface area contributed by atoms with Crippen molar-refractivity contribution in [2.24, 2.45) is 0 Å². The van der Waals surface area contributed by atoms with Gasteiger partial charge in [0.1, 0.15) is 12.1 Å². The number of nitrogens with one attached hydrogen (secondary N) is 5. The Morgan fingerprint density at radius 3 is 2.69 bits per heavy atom. The Morgan fingerprint density at radius 1 is 1.17 bits per heavy atom. The van der Waals surface area contributed by atoms with Gasteiger partial charge in [-0.25, -0.2) is 9.37 Å². The molecule has 2 aromatic carbocycles. The summed E-state index contributed by atoms with van der Waals surface area (Å²) in [4.78, 5) is 9.72. The van der Waals surface area contributed by atoms with Crippen LogP contribution in [0.4, 0.5) is 21.5 Å². The molecule has 8 nitrogen and oxygen atoms in total. The summed E-state index contributed by atoms with van der Waals surface area (Å²) in [6, 6.07) is 8.26. The van der Waals surface area contributed by atoms with Crippen molar-refractivity contribution in [3.63, 3.8) is 0 Å². The minimum atomic E-state index is -0.738. The molecule has 182 valence electrons. The Labute approximate surface area is 224 Å². The van der Waals surface area contributed by atoms with Crippen LogP contribution in [0.1, 0.15) is 22.2 Å². The number of fused-ring (bicyclic) bond motifs is 1. The number of benzene rings is 2. The fourth-order valence-electron chi connectivity index (χ4n) is 3.77. The van der Waals surface area contributed by atoms with E-state index in [9.17, 15) is 9.65 Å². The molecule has 2 aromatic heterocycles. The number of hydrogen-bond acceptors (Lipinski definition) is 9. The molecule has 1 atom stereocenters. The van der Waals surface area contributed by atoms with Crippen molar-refractivity contribution in [2.45, 2.75) is 13.0 Å². The second-order valence-electron chi connectivity index (χ2n) is 7.73. The molecule has 0 amide bonds. The summed E-state index contributed by atoms with van der Waals surface area (Å²) in [6.07, 6.45) is 3.18. The van der Waals surface area contributed by atoms with E-state index in [1.165, 1.54) is 29.7 Å². The highest BCUT2D eigenvalue weighted by atomic mass is 35.5. The maximum atomic E-state index is 14.8. The molecule has 0 bridgehead atoms. The van der Waals surface area contributed by atoms with Gasteiger partial charge in [0.25, 0.3) is 0 Å². The standard InChI is InChI=1S/C23H16Cl3FN8S/c1-10-23(36-9-30-10)22(17-8-31-35-34-17)32-12-4-13-20(11(6-28)7-29-21(13)15(25)5-12)33-16-3-2-14(24)18(26)19(16)27/h2-5,7-9,22,31-32,34-35H,1H3,(H,29,33)/t22-/m1/s1. The Kier molecular flexibility index (Phi) is 6.75. The van der Waals surface area contributed by atoms with Crippen LogP contribution in [0.2, 0.25) is 15.1 Å². The molecule has 0 unspecified atom stereocenters. The fourth-order valence-corrected chi connectivity index (χ4v) is 5.22. The number of pyridine rings is 1. The predicted molar refractivity (Wildman–Crippen MR) is 142 cm³/mol. The summed E-state index contributed by atoms with van der Waals surface area (Å²) < 4.78 is 14.8. The van der Waals surface area contributed by atoms with E-state index in [2.05, 4.69) is 43.1 Å². The van der Waals surface area contributed by atoms with Crippen LogP contribution in [-0.4, -0.2) is 9.97 Å². The zero-order chi connectivity index (χ0) is 25.4. The van der Waals surface area contributed by atoms with Gasteiger partial charge < -0.3 is 21.5 Å². The number of halogens is 4. The first kappa shape index (κ1) is 24.4. The van der Waals surface area contributed by atoms with Crippen LogP contribution >= 0.6 is 46.1 Å². The molecule has 0 fully saturated rings. The minimum Gasteiger partial charge on any atom is -0.372 e. The van der Waals surface area contributed by atoms with Gasteiger partial charge in [-0.3, -0.25) is 4.98 Å². The van der Waals surface area contributed by atoms with Crippen molar-refractivity contribution in [1.82, 2.24) is 26.4 Å². The van der Waals surface area contributed by atoms with E-state index in [0.717, 1.165) is 16.3 Å². The van der Waals surface area contributed by atoms with Crippen molar-refractivity contribution < 1.29 is 4.39 Å². The smallest absolute Gasteiger partial charge is 0.166 e. The summed E-state index contributed by atoms with van der Waals surface area (Å²) >= 11 is 20.1. The average molecular weight is 562 g/mol. The Morgan fingerprint density at radius 2 is 2.00 bits per heavy atom. The van der Waals surface area contributed by atoms with Gasteiger partial charge in [-0.05, 0) is 31.2 Å². The lowest BCUT2D eigenvalue weighted by atomic mass is 10.1. The normalized spacial score (nSPS) is 13.5. The number of anilines is 3. The highest BCUT2D eigenvalue weighted by Gasteiger charge is 2.24. The number of aryl methyl sites for hydroxylation is 1. The second-order valence-corrected chi connectivity index (χ2v) is 9.81. The molecule has 4 aromatic rings. The van der Waals surface area contributed by atoms with Crippen LogP contribution in [-0.2, 0) is 0 Å². The Hall–Kier alpha value is -3.33. The maximum Gasteiger partial charge on any atom is 0.166 e. The molecular formula is C23H16Cl3FN8S. The van der Waals surface area contributed by atoms with Gasteiger partial charge in [0.2, 0.25) is 0 Å². The molecule has 5 N–H and O–H groups in total. The Bertz CT molecular complexity index is 1570. The number of nitriles is 1. The van der Waals surface area contributed by atoms with E-state index in [-0.39, 0.29) is 27.3 Å². The lowest BCUT2D eigenvalue weighted by Gasteiger charge is -2.21. The predicted octanol–water partition coefficient (Wildman–Crippen LogP) is 6.32. The summed E-state index contributed by atoms with van der Waals surface area (Å²) in [6.45, 7) is 1.93. The molecule has 3 heterocycles. The number of hydrogen-bond donors (Lipinski definition) is 5. The lowest BCUT2D eigenvalue weighted by molar-refractivity contribution is 0.584. The van der Waals surface area contributed by atoms with E-state index in [1.54, 1.807) is 23.8 Å². The quantitative estimate of drug-likeness (QED) is 0.174. The first-order chi connectivity index (χ1) is 17.4. The largest absolute Gasteiger partial charge is 0.372 e. The number of nitrogens with zero attached hydrogens (tertiary/aromatic N) is 3. The van der Waals surface area contributed by atoms with Gasteiger partial charge >= 0.3 is 0 Å². The topological polar surface area (TPSA) is 110 Å². The van der Waals surface area contributed by atoms with Gasteiger partial charge in [-0.15, -0.1) is 11.3 Å². The van der Waals surface area contributed by atoms with E-state index in [1.807, 2.05) is 6.92 Å². The van der Waals surface area contributed by atoms with E-state index in [4.69, 9.17) is 34.8 Å². The van der Waals surface area contributed by atoms with Crippen LogP contribution in [0.5, 0.6) is 0 Å². The van der Waals surface area contributed by atoms with E-state index < -0.39 is 5.82 Å². The molecule has 5 rings (SSSR count). The molecule has 0 saturated carbocycles. The summed E-state index contributed by atoms with van der Waals surface area (Å²) in [7, 11) is 0. The van der Waals surface area contributed by atoms with Crippen LogP contribution in [0.3, 0.4) is 0 Å². The van der Waals surface area contributed by atoms with Crippen LogP contribution in [0.15, 0.2) is 47.9 Å². The number of aromatic nitrogens is 2. The number of rotatable bonds is 6. The van der Waals surface area contributed by atoms with E-state index in [0.29, 0.717) is 27.3 Å². The molecule has 0 radical (unpaired) electrons. The maximum absolute atomic E-state index is 14.8. The molecule has 36 heavy (non-hydrogen) atoms. The number of hydrazine groups is 2. The van der Waals surface area contributed by atoms with Crippen molar-refractivity contribution in [2.75, 3.05) is 10.6 Å². The van der Waals surface area contributed by atoms with Crippen LogP contribution < -0.4 is 27.0 Å². The first-order valence-corrected chi connectivity index (χ1v) is 12.4. The second kappa shape index (κ2) is 9.97. The number of thiazole rings is 1. The summed E-state index contributed by atoms with van der Waals surface area (Å²) in [5, 5.41) is 16.9. The van der Waals surface area contributed by atoms with Gasteiger partial charge in [0, 0.05) is 23.5 Å². The van der Waals surface area contributed by atoms with Gasteiger partial charge in [0.05, 0.1) is 59.3 Å². The first-order valence-electron chi connectivity index (χ1n) is 10.4. The third-order valence-electron chi connectivity index (χ3n) is 5.51. The van der Waals surface area contributed by atoms with Crippen LogP contribution in [0.25, 0.3) is 10.9 Å². The van der Waals surface area contributed by atoms with Crippen molar-refractivity contribution in [3.8, 4) is 6.07 Å². The highest BCUT2D eigenvalue weighted by Crippen LogP contribution is 2.39. The Balaban J connectivity index is 1.62. The van der Waals surface area contributed by atoms with E-state index >= 15 is 0 Å². The average Bonchev–Trinajstić information content (AvgIpc) is 3.55. The zero-order valence-corrected chi connectivity index (χ0v) is 21.5. The molecule has 0 spiro atoms.